The molecule has 0 saturated heterocycles. The predicted molar refractivity (Wildman–Crippen MR) is 87.4 cm³/mol. The second-order valence-corrected chi connectivity index (χ2v) is 5.12. The van der Waals surface area contributed by atoms with Gasteiger partial charge in [-0.15, -0.1) is 0 Å². The summed E-state index contributed by atoms with van der Waals surface area (Å²) in [5, 5.41) is 3.22. The van der Waals surface area contributed by atoms with Gasteiger partial charge in [-0.25, -0.2) is 4.98 Å². The van der Waals surface area contributed by atoms with Crippen molar-refractivity contribution >= 4 is 39.1 Å². The van der Waals surface area contributed by atoms with Crippen LogP contribution in [-0.2, 0) is 0 Å². The Bertz CT molecular complexity index is 566. The molecule has 5 nitrogen and oxygen atoms in total. The van der Waals surface area contributed by atoms with Crippen LogP contribution in [0.25, 0.3) is 0 Å². The van der Waals surface area contributed by atoms with Gasteiger partial charge in [-0.2, -0.15) is 4.98 Å². The molecule has 0 aliphatic heterocycles. The highest BCUT2D eigenvalue weighted by atomic mass is 79.9. The molecule has 0 spiro atoms. The van der Waals surface area contributed by atoms with Crippen LogP contribution in [0.5, 0.6) is 0 Å². The van der Waals surface area contributed by atoms with Crippen molar-refractivity contribution < 1.29 is 0 Å². The monoisotopic (exact) mass is 335 g/mol. The van der Waals surface area contributed by atoms with Gasteiger partial charge >= 0.3 is 0 Å². The average molecular weight is 336 g/mol. The fourth-order valence-electron chi connectivity index (χ4n) is 1.95. The quantitative estimate of drug-likeness (QED) is 0.876. The van der Waals surface area contributed by atoms with E-state index in [1.165, 1.54) is 5.69 Å². The molecule has 0 radical (unpaired) electrons. The van der Waals surface area contributed by atoms with Crippen LogP contribution in [0.4, 0.5) is 23.1 Å². The second-order valence-electron chi connectivity index (χ2n) is 4.27. The number of benzene rings is 1. The van der Waals surface area contributed by atoms with E-state index >= 15 is 0 Å². The number of rotatable bonds is 5. The van der Waals surface area contributed by atoms with Crippen LogP contribution >= 0.6 is 15.9 Å². The van der Waals surface area contributed by atoms with E-state index in [1.807, 2.05) is 12.1 Å². The van der Waals surface area contributed by atoms with Crippen LogP contribution in [0.15, 0.2) is 34.9 Å². The number of nitrogens with zero attached hydrogens (tertiary/aromatic N) is 3. The second kappa shape index (κ2) is 6.56. The van der Waals surface area contributed by atoms with E-state index in [4.69, 9.17) is 5.73 Å². The molecule has 1 aromatic heterocycles. The highest BCUT2D eigenvalue weighted by Crippen LogP contribution is 2.25. The lowest BCUT2D eigenvalue weighted by atomic mass is 10.2. The van der Waals surface area contributed by atoms with Crippen molar-refractivity contribution in [2.75, 3.05) is 29.0 Å². The van der Waals surface area contributed by atoms with E-state index < -0.39 is 0 Å². The minimum Gasteiger partial charge on any atom is -0.372 e. The number of anilines is 4. The molecule has 0 atom stereocenters. The summed E-state index contributed by atoms with van der Waals surface area (Å²) < 4.78 is 0.777. The Balaban J connectivity index is 2.16. The average Bonchev–Trinajstić information content (AvgIpc) is 2.46. The number of hydrogen-bond donors (Lipinski definition) is 2. The standard InChI is InChI=1S/C14H18BrN5/c1-3-20(4-2)11-7-5-10(6-8-11)18-13-12(15)9-17-14(16)19-13/h5-9H,3-4H2,1-2H3,(H3,16,17,18,19). The molecule has 0 aliphatic carbocycles. The molecular formula is C14H18BrN5. The third-order valence-electron chi connectivity index (χ3n) is 3.02. The third kappa shape index (κ3) is 3.39. The smallest absolute Gasteiger partial charge is 0.222 e. The van der Waals surface area contributed by atoms with Crippen LogP contribution in [-0.4, -0.2) is 23.1 Å². The van der Waals surface area contributed by atoms with Gasteiger partial charge in [-0.3, -0.25) is 0 Å². The van der Waals surface area contributed by atoms with Crippen LogP contribution < -0.4 is 16.0 Å². The zero-order valence-electron chi connectivity index (χ0n) is 11.6. The van der Waals surface area contributed by atoms with Gasteiger partial charge in [0.15, 0.2) is 0 Å². The number of nitrogens with one attached hydrogen (secondary N) is 1. The van der Waals surface area contributed by atoms with Gasteiger partial charge in [-0.1, -0.05) is 0 Å². The predicted octanol–water partition coefficient (Wildman–Crippen LogP) is 3.41. The molecule has 1 aromatic carbocycles. The summed E-state index contributed by atoms with van der Waals surface area (Å²) in [7, 11) is 0. The minimum atomic E-state index is 0.246. The first kappa shape index (κ1) is 14.6. The molecule has 106 valence electrons. The Morgan fingerprint density at radius 2 is 1.85 bits per heavy atom. The largest absolute Gasteiger partial charge is 0.372 e. The SMILES string of the molecule is CCN(CC)c1ccc(Nc2nc(N)ncc2Br)cc1. The van der Waals surface area contributed by atoms with Crippen molar-refractivity contribution in [1.29, 1.82) is 0 Å². The molecule has 0 unspecified atom stereocenters. The van der Waals surface area contributed by atoms with E-state index in [1.54, 1.807) is 6.20 Å². The number of halogens is 1. The topological polar surface area (TPSA) is 67.1 Å². The molecule has 0 amide bonds. The Kier molecular flexibility index (Phi) is 4.79. The number of aromatic nitrogens is 2. The lowest BCUT2D eigenvalue weighted by Gasteiger charge is -2.21. The Morgan fingerprint density at radius 1 is 1.20 bits per heavy atom. The van der Waals surface area contributed by atoms with E-state index in [-0.39, 0.29) is 5.95 Å². The van der Waals surface area contributed by atoms with Crippen LogP contribution in [0.2, 0.25) is 0 Å². The van der Waals surface area contributed by atoms with Gasteiger partial charge in [0.1, 0.15) is 5.82 Å². The summed E-state index contributed by atoms with van der Waals surface area (Å²) in [6, 6.07) is 8.23. The molecule has 1 heterocycles. The van der Waals surface area contributed by atoms with Crippen LogP contribution in [0.1, 0.15) is 13.8 Å². The van der Waals surface area contributed by atoms with Crippen molar-refractivity contribution in [3.8, 4) is 0 Å². The maximum Gasteiger partial charge on any atom is 0.222 e. The molecular weight excluding hydrogens is 318 g/mol. The number of nitrogen functional groups attached to an aromatic ring is 1. The zero-order valence-corrected chi connectivity index (χ0v) is 13.2. The van der Waals surface area contributed by atoms with Crippen molar-refractivity contribution in [1.82, 2.24) is 9.97 Å². The van der Waals surface area contributed by atoms with Crippen LogP contribution in [0, 0.1) is 0 Å². The van der Waals surface area contributed by atoms with Gasteiger partial charge < -0.3 is 16.0 Å². The maximum absolute atomic E-state index is 5.59. The Morgan fingerprint density at radius 3 is 2.45 bits per heavy atom. The van der Waals surface area contributed by atoms with Gasteiger partial charge in [-0.05, 0) is 54.0 Å². The summed E-state index contributed by atoms with van der Waals surface area (Å²) in [5.74, 6) is 0.906. The van der Waals surface area contributed by atoms with Gasteiger partial charge in [0.2, 0.25) is 5.95 Å². The summed E-state index contributed by atoms with van der Waals surface area (Å²) in [6.45, 7) is 6.29. The molecule has 3 N–H and O–H groups in total. The van der Waals surface area contributed by atoms with Gasteiger partial charge in [0.25, 0.3) is 0 Å². The lowest BCUT2D eigenvalue weighted by Crippen LogP contribution is -2.21. The molecule has 2 rings (SSSR count). The third-order valence-corrected chi connectivity index (χ3v) is 3.60. The molecule has 6 heteroatoms. The fraction of sp³-hybridized carbons (Fsp3) is 0.286. The van der Waals surface area contributed by atoms with E-state index in [2.05, 4.69) is 62.1 Å². The van der Waals surface area contributed by atoms with Crippen molar-refractivity contribution in [3.05, 3.63) is 34.9 Å². The molecule has 0 aliphatic rings. The molecule has 0 bridgehead atoms. The molecule has 0 fully saturated rings. The first-order valence-corrected chi connectivity index (χ1v) is 7.33. The zero-order chi connectivity index (χ0) is 14.5. The number of nitrogens with two attached hydrogens (primary N) is 1. The highest BCUT2D eigenvalue weighted by Gasteiger charge is 2.05. The molecule has 20 heavy (non-hydrogen) atoms. The summed E-state index contributed by atoms with van der Waals surface area (Å²) in [4.78, 5) is 10.4. The fourth-order valence-corrected chi connectivity index (χ4v) is 2.24. The van der Waals surface area contributed by atoms with E-state index in [0.29, 0.717) is 5.82 Å². The van der Waals surface area contributed by atoms with Crippen molar-refractivity contribution in [2.24, 2.45) is 0 Å². The van der Waals surface area contributed by atoms with Crippen molar-refractivity contribution in [2.45, 2.75) is 13.8 Å². The summed E-state index contributed by atoms with van der Waals surface area (Å²) in [5.41, 5.74) is 7.76. The Hall–Kier alpha value is -1.82. The molecule has 2 aromatic rings. The Labute approximate surface area is 127 Å². The lowest BCUT2D eigenvalue weighted by molar-refractivity contribution is 0.866. The number of hydrogen-bond acceptors (Lipinski definition) is 5. The van der Waals surface area contributed by atoms with Gasteiger partial charge in [0, 0.05) is 30.7 Å². The van der Waals surface area contributed by atoms with E-state index in [9.17, 15) is 0 Å². The van der Waals surface area contributed by atoms with E-state index in [0.717, 1.165) is 23.2 Å². The first-order chi connectivity index (χ1) is 9.63. The summed E-state index contributed by atoms with van der Waals surface area (Å²) in [6.07, 6.45) is 1.63. The van der Waals surface area contributed by atoms with Crippen LogP contribution in [0.3, 0.4) is 0 Å². The first-order valence-electron chi connectivity index (χ1n) is 6.54. The van der Waals surface area contributed by atoms with Crippen molar-refractivity contribution in [3.63, 3.8) is 0 Å². The minimum absolute atomic E-state index is 0.246. The normalized spacial score (nSPS) is 10.3. The van der Waals surface area contributed by atoms with Gasteiger partial charge in [0.05, 0.1) is 4.47 Å². The molecule has 0 saturated carbocycles. The maximum atomic E-state index is 5.59. The summed E-state index contributed by atoms with van der Waals surface area (Å²) >= 11 is 3.40. The highest BCUT2D eigenvalue weighted by molar-refractivity contribution is 9.10.